The summed E-state index contributed by atoms with van der Waals surface area (Å²) in [4.78, 5) is 58.0. The van der Waals surface area contributed by atoms with Crippen LogP contribution in [0.3, 0.4) is 0 Å². The standard InChI is InChI=1S/C28H30Cl2N8O3/c1-3-38(28(41)31-2)24(39)9-8-21(26-34-20-7-6-16(29)12-23(20)36-26)35-25-18-13-19(30)17(14-22(18)32-15-33-25)27(40)37-10-4-5-11-37/h6-7,12-15,21H,3-5,8-11H2,1-2H3,(H,31,41)(H,34,36)(H,32,33,35). The highest BCUT2D eigenvalue weighted by molar-refractivity contribution is 6.35. The van der Waals surface area contributed by atoms with Crippen LogP contribution in [0.2, 0.25) is 10.0 Å². The number of aromatic amines is 1. The third-order valence-electron chi connectivity index (χ3n) is 7.18. The molecule has 1 unspecified atom stereocenters. The average molecular weight is 598 g/mol. The van der Waals surface area contributed by atoms with E-state index in [-0.39, 0.29) is 24.8 Å². The second kappa shape index (κ2) is 12.3. The molecule has 1 aliphatic heterocycles. The topological polar surface area (TPSA) is 136 Å². The summed E-state index contributed by atoms with van der Waals surface area (Å²) in [7, 11) is 1.48. The molecule has 2 aromatic carbocycles. The van der Waals surface area contributed by atoms with Gasteiger partial charge in [-0.3, -0.25) is 14.5 Å². The van der Waals surface area contributed by atoms with Gasteiger partial charge in [-0.05, 0) is 56.5 Å². The molecule has 0 spiro atoms. The van der Waals surface area contributed by atoms with Gasteiger partial charge in [-0.15, -0.1) is 0 Å². The van der Waals surface area contributed by atoms with Crippen LogP contribution in [0.25, 0.3) is 21.9 Å². The smallest absolute Gasteiger partial charge is 0.323 e. The first-order valence-corrected chi connectivity index (χ1v) is 14.2. The predicted molar refractivity (Wildman–Crippen MR) is 158 cm³/mol. The summed E-state index contributed by atoms with van der Waals surface area (Å²) in [5, 5.41) is 7.37. The van der Waals surface area contributed by atoms with E-state index in [1.807, 2.05) is 6.07 Å². The van der Waals surface area contributed by atoms with Crippen LogP contribution >= 0.6 is 23.2 Å². The summed E-state index contributed by atoms with van der Waals surface area (Å²) in [5.74, 6) is 0.596. The average Bonchev–Trinajstić information content (AvgIpc) is 3.65. The van der Waals surface area contributed by atoms with Crippen molar-refractivity contribution in [2.75, 3.05) is 32.0 Å². The molecule has 4 aromatic rings. The van der Waals surface area contributed by atoms with Gasteiger partial charge in [0, 0.05) is 43.5 Å². The van der Waals surface area contributed by atoms with Crippen LogP contribution in [0.5, 0.6) is 0 Å². The minimum Gasteiger partial charge on any atom is -0.359 e. The van der Waals surface area contributed by atoms with E-state index in [4.69, 9.17) is 28.2 Å². The minimum absolute atomic E-state index is 0.0645. The zero-order chi connectivity index (χ0) is 29.1. The maximum absolute atomic E-state index is 13.1. The number of hydrogen-bond acceptors (Lipinski definition) is 7. The Labute approximate surface area is 246 Å². The first kappa shape index (κ1) is 28.6. The number of rotatable bonds is 8. The molecular formula is C28H30Cl2N8O3. The largest absolute Gasteiger partial charge is 0.359 e. The number of carbonyl (C=O) groups is 3. The lowest BCUT2D eigenvalue weighted by Gasteiger charge is -2.22. The van der Waals surface area contributed by atoms with E-state index >= 15 is 0 Å². The Morgan fingerprint density at radius 1 is 1.10 bits per heavy atom. The molecule has 5 rings (SSSR count). The number of imidazole rings is 1. The number of carbonyl (C=O) groups excluding carboxylic acids is 3. The number of anilines is 1. The lowest BCUT2D eigenvalue weighted by Crippen LogP contribution is -2.42. The molecule has 4 amide bonds. The maximum atomic E-state index is 13.1. The highest BCUT2D eigenvalue weighted by atomic mass is 35.5. The molecule has 214 valence electrons. The van der Waals surface area contributed by atoms with E-state index in [1.165, 1.54) is 13.4 Å². The zero-order valence-electron chi connectivity index (χ0n) is 22.7. The molecule has 1 saturated heterocycles. The first-order valence-electron chi connectivity index (χ1n) is 13.5. The summed E-state index contributed by atoms with van der Waals surface area (Å²) < 4.78 is 0. The Morgan fingerprint density at radius 3 is 2.61 bits per heavy atom. The van der Waals surface area contributed by atoms with Crippen molar-refractivity contribution < 1.29 is 14.4 Å². The number of fused-ring (bicyclic) bond motifs is 2. The quantitative estimate of drug-likeness (QED) is 0.255. The van der Waals surface area contributed by atoms with Crippen LogP contribution in [-0.4, -0.2) is 74.3 Å². The minimum atomic E-state index is -0.503. The molecule has 13 heteroatoms. The van der Waals surface area contributed by atoms with Gasteiger partial charge in [0.15, 0.2) is 0 Å². The molecular weight excluding hydrogens is 567 g/mol. The van der Waals surface area contributed by atoms with Crippen LogP contribution < -0.4 is 10.6 Å². The Kier molecular flexibility index (Phi) is 8.55. The normalized spacial score (nSPS) is 13.9. The van der Waals surface area contributed by atoms with Gasteiger partial charge in [-0.1, -0.05) is 23.2 Å². The Bertz CT molecular complexity index is 1620. The summed E-state index contributed by atoms with van der Waals surface area (Å²) in [6, 6.07) is 7.76. The van der Waals surface area contributed by atoms with Crippen molar-refractivity contribution in [3.8, 4) is 0 Å². The number of imide groups is 1. The molecule has 3 N–H and O–H groups in total. The molecule has 0 aliphatic carbocycles. The number of benzene rings is 2. The van der Waals surface area contributed by atoms with Gasteiger partial charge < -0.3 is 20.5 Å². The highest BCUT2D eigenvalue weighted by Gasteiger charge is 2.25. The number of hydrogen-bond donors (Lipinski definition) is 3. The Balaban J connectivity index is 1.48. The van der Waals surface area contributed by atoms with Crippen molar-refractivity contribution in [1.82, 2.24) is 35.1 Å². The van der Waals surface area contributed by atoms with Crippen LogP contribution in [0, 0.1) is 0 Å². The molecule has 0 bridgehead atoms. The predicted octanol–water partition coefficient (Wildman–Crippen LogP) is 5.17. The van der Waals surface area contributed by atoms with Crippen molar-refractivity contribution in [2.24, 2.45) is 0 Å². The lowest BCUT2D eigenvalue weighted by molar-refractivity contribution is -0.128. The number of halogens is 2. The third-order valence-corrected chi connectivity index (χ3v) is 7.72. The summed E-state index contributed by atoms with van der Waals surface area (Å²) in [6.07, 6.45) is 3.72. The van der Waals surface area contributed by atoms with Crippen LogP contribution in [0.4, 0.5) is 10.6 Å². The zero-order valence-corrected chi connectivity index (χ0v) is 24.2. The molecule has 1 fully saturated rings. The SMILES string of the molecule is CCN(C(=O)CCC(Nc1ncnc2cc(C(=O)N3CCCC3)c(Cl)cc12)c1nc2cc(Cl)ccc2[nH]1)C(=O)NC. The van der Waals surface area contributed by atoms with Crippen LogP contribution in [-0.2, 0) is 4.79 Å². The van der Waals surface area contributed by atoms with Crippen molar-refractivity contribution in [1.29, 1.82) is 0 Å². The summed E-state index contributed by atoms with van der Waals surface area (Å²) >= 11 is 12.8. The molecule has 2 aromatic heterocycles. The first-order chi connectivity index (χ1) is 19.8. The van der Waals surface area contributed by atoms with E-state index in [0.29, 0.717) is 63.2 Å². The van der Waals surface area contributed by atoms with E-state index in [1.54, 1.807) is 36.1 Å². The molecule has 1 aliphatic rings. The number of amides is 4. The van der Waals surface area contributed by atoms with Crippen molar-refractivity contribution in [2.45, 2.75) is 38.6 Å². The van der Waals surface area contributed by atoms with Crippen LogP contribution in [0.1, 0.15) is 54.8 Å². The van der Waals surface area contributed by atoms with Gasteiger partial charge in [0.1, 0.15) is 18.0 Å². The highest BCUT2D eigenvalue weighted by Crippen LogP contribution is 2.32. The van der Waals surface area contributed by atoms with Gasteiger partial charge in [-0.25, -0.2) is 19.7 Å². The van der Waals surface area contributed by atoms with Gasteiger partial charge >= 0.3 is 6.03 Å². The van der Waals surface area contributed by atoms with Crippen molar-refractivity contribution in [3.63, 3.8) is 0 Å². The second-order valence-electron chi connectivity index (χ2n) is 9.78. The van der Waals surface area contributed by atoms with Gasteiger partial charge in [0.05, 0.1) is 33.2 Å². The number of nitrogens with zero attached hydrogens (tertiary/aromatic N) is 5. The van der Waals surface area contributed by atoms with Crippen molar-refractivity contribution in [3.05, 3.63) is 58.1 Å². The van der Waals surface area contributed by atoms with E-state index in [0.717, 1.165) is 23.3 Å². The number of nitrogens with one attached hydrogen (secondary N) is 3. The number of urea groups is 1. The fourth-order valence-corrected chi connectivity index (χ4v) is 5.43. The van der Waals surface area contributed by atoms with E-state index in [9.17, 15) is 14.4 Å². The second-order valence-corrected chi connectivity index (χ2v) is 10.6. The molecule has 1 atom stereocenters. The van der Waals surface area contributed by atoms with Crippen molar-refractivity contribution >= 4 is 68.8 Å². The molecule has 0 saturated carbocycles. The van der Waals surface area contributed by atoms with Gasteiger partial charge in [0.2, 0.25) is 5.91 Å². The monoisotopic (exact) mass is 596 g/mol. The van der Waals surface area contributed by atoms with Crippen LogP contribution in [0.15, 0.2) is 36.7 Å². The number of H-pyrrole nitrogens is 1. The Morgan fingerprint density at radius 2 is 1.88 bits per heavy atom. The summed E-state index contributed by atoms with van der Waals surface area (Å²) in [6.45, 7) is 3.41. The van der Waals surface area contributed by atoms with Gasteiger partial charge in [0.25, 0.3) is 5.91 Å². The molecule has 0 radical (unpaired) electrons. The van der Waals surface area contributed by atoms with E-state index < -0.39 is 12.1 Å². The molecule has 3 heterocycles. The van der Waals surface area contributed by atoms with E-state index in [2.05, 4.69) is 25.6 Å². The number of aromatic nitrogens is 4. The third kappa shape index (κ3) is 6.06. The maximum Gasteiger partial charge on any atom is 0.323 e. The number of likely N-dealkylation sites (tertiary alicyclic amines) is 1. The Hall–Kier alpha value is -3.96. The fourth-order valence-electron chi connectivity index (χ4n) is 5.02. The summed E-state index contributed by atoms with van der Waals surface area (Å²) in [5.41, 5.74) is 2.41. The lowest BCUT2D eigenvalue weighted by atomic mass is 10.1. The molecule has 41 heavy (non-hydrogen) atoms. The fraction of sp³-hybridized carbons (Fsp3) is 0.357. The molecule has 11 nitrogen and oxygen atoms in total. The van der Waals surface area contributed by atoms with Gasteiger partial charge in [-0.2, -0.15) is 0 Å².